The van der Waals surface area contributed by atoms with Gasteiger partial charge in [0.1, 0.15) is 5.02 Å². The number of carboxylic acid groups (broad SMARTS) is 1. The monoisotopic (exact) mass is 271 g/mol. The number of halogens is 1. The number of anilines is 1. The molecule has 0 aromatic carbocycles. The fourth-order valence-corrected chi connectivity index (χ4v) is 2.41. The van der Waals surface area contributed by atoms with Crippen LogP contribution in [0.4, 0.5) is 5.69 Å². The van der Waals surface area contributed by atoms with Gasteiger partial charge in [0.2, 0.25) is 0 Å². The molecular formula is C11H14ClN3O3. The second-order valence-electron chi connectivity index (χ2n) is 4.40. The molecule has 1 aromatic heterocycles. The van der Waals surface area contributed by atoms with Crippen molar-refractivity contribution in [3.63, 3.8) is 0 Å². The van der Waals surface area contributed by atoms with Crippen LogP contribution >= 0.6 is 11.6 Å². The number of aliphatic carboxylic acids is 1. The Balaban J connectivity index is 2.29. The van der Waals surface area contributed by atoms with E-state index in [1.807, 2.05) is 4.90 Å². The highest BCUT2D eigenvalue weighted by molar-refractivity contribution is 6.33. The van der Waals surface area contributed by atoms with Gasteiger partial charge in [0, 0.05) is 20.1 Å². The van der Waals surface area contributed by atoms with Crippen LogP contribution in [0, 0.1) is 5.92 Å². The lowest BCUT2D eigenvalue weighted by Crippen LogP contribution is -2.39. The van der Waals surface area contributed by atoms with E-state index in [-0.39, 0.29) is 10.6 Å². The minimum Gasteiger partial charge on any atom is -0.481 e. The van der Waals surface area contributed by atoms with Crippen LogP contribution in [-0.2, 0) is 11.8 Å². The van der Waals surface area contributed by atoms with Crippen molar-refractivity contribution in [2.24, 2.45) is 13.0 Å². The number of nitrogens with zero attached hydrogens (tertiary/aromatic N) is 3. The zero-order valence-electron chi connectivity index (χ0n) is 9.97. The van der Waals surface area contributed by atoms with Crippen LogP contribution in [0.25, 0.3) is 0 Å². The minimum absolute atomic E-state index is 0.0959. The van der Waals surface area contributed by atoms with E-state index in [0.717, 1.165) is 11.1 Å². The van der Waals surface area contributed by atoms with Gasteiger partial charge in [-0.2, -0.15) is 5.10 Å². The fourth-order valence-electron chi connectivity index (χ4n) is 2.12. The van der Waals surface area contributed by atoms with Crippen molar-refractivity contribution in [2.45, 2.75) is 12.8 Å². The van der Waals surface area contributed by atoms with Crippen molar-refractivity contribution in [3.8, 4) is 0 Å². The number of piperidine rings is 1. The number of carboxylic acids is 1. The average molecular weight is 272 g/mol. The van der Waals surface area contributed by atoms with Crippen molar-refractivity contribution in [2.75, 3.05) is 18.0 Å². The highest BCUT2D eigenvalue weighted by Gasteiger charge is 2.27. The van der Waals surface area contributed by atoms with E-state index in [9.17, 15) is 9.59 Å². The van der Waals surface area contributed by atoms with Crippen LogP contribution in [-0.4, -0.2) is 33.9 Å². The van der Waals surface area contributed by atoms with Gasteiger partial charge in [-0.1, -0.05) is 11.6 Å². The van der Waals surface area contributed by atoms with Gasteiger partial charge in [0.25, 0.3) is 5.56 Å². The molecule has 0 spiro atoms. The predicted octanol–water partition coefficient (Wildman–Crippen LogP) is 0.735. The third-order valence-corrected chi connectivity index (χ3v) is 3.53. The Morgan fingerprint density at radius 1 is 1.61 bits per heavy atom. The molecule has 1 fully saturated rings. The molecule has 1 aliphatic heterocycles. The van der Waals surface area contributed by atoms with E-state index in [2.05, 4.69) is 5.10 Å². The van der Waals surface area contributed by atoms with Gasteiger partial charge in [-0.3, -0.25) is 9.59 Å². The van der Waals surface area contributed by atoms with Crippen LogP contribution in [0.15, 0.2) is 11.0 Å². The first kappa shape index (κ1) is 12.9. The highest BCUT2D eigenvalue weighted by Crippen LogP contribution is 2.26. The lowest BCUT2D eigenvalue weighted by Gasteiger charge is -2.32. The summed E-state index contributed by atoms with van der Waals surface area (Å²) in [4.78, 5) is 24.5. The lowest BCUT2D eigenvalue weighted by molar-refractivity contribution is -0.141. The largest absolute Gasteiger partial charge is 0.481 e. The number of hydrogen-bond donors (Lipinski definition) is 1. The van der Waals surface area contributed by atoms with Crippen molar-refractivity contribution in [3.05, 3.63) is 21.6 Å². The zero-order valence-corrected chi connectivity index (χ0v) is 10.7. The number of aromatic nitrogens is 2. The van der Waals surface area contributed by atoms with Gasteiger partial charge < -0.3 is 10.0 Å². The summed E-state index contributed by atoms with van der Waals surface area (Å²) < 4.78 is 1.16. The van der Waals surface area contributed by atoms with Gasteiger partial charge in [-0.25, -0.2) is 4.68 Å². The second kappa shape index (κ2) is 4.97. The molecule has 7 heteroatoms. The summed E-state index contributed by atoms with van der Waals surface area (Å²) in [5, 5.41) is 13.0. The van der Waals surface area contributed by atoms with Gasteiger partial charge in [0.05, 0.1) is 17.8 Å². The lowest BCUT2D eigenvalue weighted by atomic mass is 9.98. The Morgan fingerprint density at radius 3 is 3.00 bits per heavy atom. The predicted molar refractivity (Wildman–Crippen MR) is 67.1 cm³/mol. The second-order valence-corrected chi connectivity index (χ2v) is 4.77. The number of aryl methyl sites for hydroxylation is 1. The van der Waals surface area contributed by atoms with Crippen LogP contribution in [0.2, 0.25) is 5.02 Å². The third-order valence-electron chi connectivity index (χ3n) is 3.17. The normalized spacial score (nSPS) is 19.9. The smallest absolute Gasteiger partial charge is 0.308 e. The Hall–Kier alpha value is -1.56. The number of carbonyl (C=O) groups is 1. The molecule has 1 atom stereocenters. The van der Waals surface area contributed by atoms with E-state index in [0.29, 0.717) is 25.2 Å². The molecule has 0 saturated carbocycles. The summed E-state index contributed by atoms with van der Waals surface area (Å²) in [7, 11) is 1.52. The van der Waals surface area contributed by atoms with Crippen LogP contribution < -0.4 is 10.5 Å². The molecule has 0 bridgehead atoms. The molecule has 6 nitrogen and oxygen atoms in total. The number of hydrogen-bond acceptors (Lipinski definition) is 4. The van der Waals surface area contributed by atoms with E-state index >= 15 is 0 Å². The van der Waals surface area contributed by atoms with Gasteiger partial charge >= 0.3 is 5.97 Å². The summed E-state index contributed by atoms with van der Waals surface area (Å²) in [5.74, 6) is -1.23. The van der Waals surface area contributed by atoms with E-state index in [1.165, 1.54) is 13.2 Å². The van der Waals surface area contributed by atoms with Crippen molar-refractivity contribution in [1.29, 1.82) is 0 Å². The van der Waals surface area contributed by atoms with Gasteiger partial charge in [-0.05, 0) is 12.8 Å². The van der Waals surface area contributed by atoms with E-state index in [4.69, 9.17) is 16.7 Å². The average Bonchev–Trinajstić information content (AvgIpc) is 2.36. The summed E-state index contributed by atoms with van der Waals surface area (Å²) in [6, 6.07) is 0. The maximum absolute atomic E-state index is 11.7. The first-order valence-electron chi connectivity index (χ1n) is 5.70. The zero-order chi connectivity index (χ0) is 13.3. The number of rotatable bonds is 2. The molecular weight excluding hydrogens is 258 g/mol. The minimum atomic E-state index is -0.812. The highest BCUT2D eigenvalue weighted by atomic mass is 35.5. The Kier molecular flexibility index (Phi) is 3.56. The molecule has 0 unspecified atom stereocenters. The summed E-state index contributed by atoms with van der Waals surface area (Å²) in [5.41, 5.74) is 0.150. The van der Waals surface area contributed by atoms with E-state index < -0.39 is 11.9 Å². The standard InChI is InChI=1S/C11H14ClN3O3/c1-14-10(16)9(12)8(5-13-14)15-4-2-3-7(6-15)11(17)18/h5,7H,2-4,6H2,1H3,(H,17,18)/t7-/m0/s1. The summed E-state index contributed by atoms with van der Waals surface area (Å²) in [6.45, 7) is 1.06. The summed E-state index contributed by atoms with van der Waals surface area (Å²) >= 11 is 6.00. The molecule has 98 valence electrons. The molecule has 1 aromatic rings. The molecule has 18 heavy (non-hydrogen) atoms. The van der Waals surface area contributed by atoms with Crippen LogP contribution in [0.1, 0.15) is 12.8 Å². The Bertz CT molecular complexity index is 529. The molecule has 1 saturated heterocycles. The van der Waals surface area contributed by atoms with Gasteiger partial charge in [-0.15, -0.1) is 0 Å². The van der Waals surface area contributed by atoms with Gasteiger partial charge in [0.15, 0.2) is 0 Å². The van der Waals surface area contributed by atoms with Crippen LogP contribution in [0.5, 0.6) is 0 Å². The first-order chi connectivity index (χ1) is 8.50. The topological polar surface area (TPSA) is 75.4 Å². The van der Waals surface area contributed by atoms with Crippen molar-refractivity contribution < 1.29 is 9.90 Å². The molecule has 2 heterocycles. The third kappa shape index (κ3) is 2.33. The molecule has 1 N–H and O–H groups in total. The molecule has 0 aliphatic carbocycles. The first-order valence-corrected chi connectivity index (χ1v) is 6.08. The Labute approximate surface area is 109 Å². The molecule has 2 rings (SSSR count). The maximum atomic E-state index is 11.7. The summed E-state index contributed by atoms with van der Waals surface area (Å²) in [6.07, 6.45) is 2.93. The van der Waals surface area contributed by atoms with Crippen LogP contribution in [0.3, 0.4) is 0 Å². The van der Waals surface area contributed by atoms with Crippen molar-refractivity contribution >= 4 is 23.3 Å². The SMILES string of the molecule is Cn1ncc(N2CCC[C@H](C(=O)O)C2)c(Cl)c1=O. The fraction of sp³-hybridized carbons (Fsp3) is 0.545. The molecule has 0 amide bonds. The molecule has 1 aliphatic rings. The quantitative estimate of drug-likeness (QED) is 0.858. The Morgan fingerprint density at radius 2 is 2.33 bits per heavy atom. The van der Waals surface area contributed by atoms with Crippen molar-refractivity contribution in [1.82, 2.24) is 9.78 Å². The maximum Gasteiger partial charge on any atom is 0.308 e. The van der Waals surface area contributed by atoms with E-state index in [1.54, 1.807) is 0 Å². The molecule has 0 radical (unpaired) electrons.